The first-order chi connectivity index (χ1) is 25.5. The van der Waals surface area contributed by atoms with Crippen LogP contribution in [0.1, 0.15) is 67.2 Å². The number of carbonyl (C=O) groups is 1. The number of halogens is 3. The van der Waals surface area contributed by atoms with Crippen molar-refractivity contribution in [3.63, 3.8) is 0 Å². The van der Waals surface area contributed by atoms with Crippen molar-refractivity contribution >= 4 is 45.0 Å². The van der Waals surface area contributed by atoms with E-state index in [0.29, 0.717) is 71.8 Å². The highest BCUT2D eigenvalue weighted by Gasteiger charge is 2.47. The van der Waals surface area contributed by atoms with E-state index in [1.54, 1.807) is 24.8 Å². The summed E-state index contributed by atoms with van der Waals surface area (Å²) in [4.78, 5) is 33.0. The van der Waals surface area contributed by atoms with Crippen LogP contribution in [0.15, 0.2) is 30.5 Å². The molecule has 2 fully saturated rings. The summed E-state index contributed by atoms with van der Waals surface area (Å²) in [6.45, 7) is 4.57. The van der Waals surface area contributed by atoms with Gasteiger partial charge in [0.05, 0.1) is 29.3 Å². The SMILES string of the molecule is CCc1c(F)ccc2cc(O)cc(-c3ncc4c(N5CCCn6nc(C(=O)N(C)C)c(Cl)c6C5)nc(OC[C@]56CCC[C@H]5N(C)CCC6)nc4c3F)c12. The van der Waals surface area contributed by atoms with Crippen LogP contribution in [0.4, 0.5) is 14.6 Å². The van der Waals surface area contributed by atoms with Crippen molar-refractivity contribution in [1.29, 1.82) is 0 Å². The zero-order chi connectivity index (χ0) is 37.2. The number of aromatic hydroxyl groups is 1. The largest absolute Gasteiger partial charge is 0.508 e. The molecule has 2 aliphatic heterocycles. The maximum Gasteiger partial charge on any atom is 0.319 e. The van der Waals surface area contributed by atoms with Crippen LogP contribution in [0.5, 0.6) is 11.8 Å². The molecule has 0 bridgehead atoms. The molecule has 2 aromatic carbocycles. The highest BCUT2D eigenvalue weighted by Crippen LogP contribution is 2.48. The number of anilines is 1. The highest BCUT2D eigenvalue weighted by molar-refractivity contribution is 6.34. The van der Waals surface area contributed by atoms with E-state index < -0.39 is 11.6 Å². The second kappa shape index (κ2) is 13.7. The number of phenolic OH excluding ortho intramolecular Hbond substituents is 1. The first-order valence-corrected chi connectivity index (χ1v) is 18.7. The average molecular weight is 745 g/mol. The van der Waals surface area contributed by atoms with Crippen LogP contribution in [0.2, 0.25) is 5.02 Å². The second-order valence-corrected chi connectivity index (χ2v) is 15.3. The molecule has 0 radical (unpaired) electrons. The van der Waals surface area contributed by atoms with Crippen molar-refractivity contribution in [1.82, 2.24) is 34.5 Å². The van der Waals surface area contributed by atoms with Gasteiger partial charge in [0, 0.05) is 50.4 Å². The normalized spacial score (nSPS) is 20.4. The van der Waals surface area contributed by atoms with Gasteiger partial charge < -0.3 is 24.5 Å². The van der Waals surface area contributed by atoms with Gasteiger partial charge >= 0.3 is 6.01 Å². The van der Waals surface area contributed by atoms with Gasteiger partial charge in [0.25, 0.3) is 5.91 Å². The van der Waals surface area contributed by atoms with E-state index in [-0.39, 0.29) is 57.1 Å². The molecule has 53 heavy (non-hydrogen) atoms. The van der Waals surface area contributed by atoms with Crippen LogP contribution < -0.4 is 9.64 Å². The number of likely N-dealkylation sites (tertiary alicyclic amines) is 1. The summed E-state index contributed by atoms with van der Waals surface area (Å²) < 4.78 is 40.6. The molecule has 278 valence electrons. The Morgan fingerprint density at radius 2 is 1.92 bits per heavy atom. The van der Waals surface area contributed by atoms with Gasteiger partial charge in [-0.2, -0.15) is 15.1 Å². The standard InChI is InChI=1S/C39H43ClF2N8O3/c1-5-24-27(41)11-10-22-17-23(51)18-25(30(22)24)33-32(42)34-26(19-43-33)36(45-38(44-34)53-21-39-12-6-9-29(39)48(4)14-7-13-39)49-15-8-16-50-28(20-49)31(40)35(46-50)37(52)47(2)3/h10-11,17-19,29,51H,5-9,12-16,20-21H2,1-4H3/t29-,39-/m1/s1. The van der Waals surface area contributed by atoms with Crippen molar-refractivity contribution < 1.29 is 23.4 Å². The van der Waals surface area contributed by atoms with Crippen molar-refractivity contribution in [3.8, 4) is 23.0 Å². The lowest BCUT2D eigenvalue weighted by molar-refractivity contribution is 0.0133. The lowest BCUT2D eigenvalue weighted by Gasteiger charge is -2.44. The molecule has 14 heteroatoms. The van der Waals surface area contributed by atoms with Crippen LogP contribution in [0.25, 0.3) is 32.9 Å². The number of ether oxygens (including phenoxy) is 1. The second-order valence-electron chi connectivity index (χ2n) is 14.9. The predicted octanol–water partition coefficient (Wildman–Crippen LogP) is 7.00. The molecule has 11 nitrogen and oxygen atoms in total. The lowest BCUT2D eigenvalue weighted by atomic mass is 9.76. The third-order valence-corrected chi connectivity index (χ3v) is 11.9. The Morgan fingerprint density at radius 1 is 1.11 bits per heavy atom. The number of phenols is 1. The molecule has 1 amide bonds. The monoisotopic (exact) mass is 744 g/mol. The number of fused-ring (bicyclic) bond motifs is 4. The number of rotatable bonds is 7. The summed E-state index contributed by atoms with van der Waals surface area (Å²) >= 11 is 6.83. The van der Waals surface area contributed by atoms with Crippen LogP contribution >= 0.6 is 11.6 Å². The first-order valence-electron chi connectivity index (χ1n) is 18.3. The molecule has 1 saturated heterocycles. The molecule has 1 saturated carbocycles. The Balaban J connectivity index is 1.27. The Morgan fingerprint density at radius 3 is 2.72 bits per heavy atom. The van der Waals surface area contributed by atoms with E-state index in [1.807, 2.05) is 11.8 Å². The molecular formula is C39H43ClF2N8O3. The Bertz CT molecular complexity index is 2260. The van der Waals surface area contributed by atoms with Crippen LogP contribution in [0.3, 0.4) is 0 Å². The Kier molecular flexibility index (Phi) is 9.13. The van der Waals surface area contributed by atoms with Gasteiger partial charge in [0.15, 0.2) is 11.5 Å². The van der Waals surface area contributed by atoms with Crippen LogP contribution in [-0.4, -0.2) is 92.4 Å². The summed E-state index contributed by atoms with van der Waals surface area (Å²) in [6, 6.07) is 6.32. The molecule has 1 aliphatic carbocycles. The molecule has 1 N–H and O–H groups in total. The van der Waals surface area contributed by atoms with Crippen molar-refractivity contribution in [2.75, 3.05) is 45.7 Å². The fourth-order valence-electron chi connectivity index (χ4n) is 8.94. The number of piperidine rings is 1. The summed E-state index contributed by atoms with van der Waals surface area (Å²) in [5, 5.41) is 16.9. The minimum Gasteiger partial charge on any atom is -0.508 e. The van der Waals surface area contributed by atoms with Crippen molar-refractivity contribution in [2.45, 2.75) is 71.0 Å². The minimum absolute atomic E-state index is 0.00509. The van der Waals surface area contributed by atoms with Crippen LogP contribution in [0, 0.1) is 17.0 Å². The zero-order valence-corrected chi connectivity index (χ0v) is 31.2. The third kappa shape index (κ3) is 6.01. The summed E-state index contributed by atoms with van der Waals surface area (Å²) in [6.07, 6.45) is 7.89. The fraction of sp³-hybridized carbons (Fsp3) is 0.462. The van der Waals surface area contributed by atoms with Gasteiger partial charge in [-0.1, -0.05) is 31.0 Å². The number of carbonyl (C=O) groups excluding carboxylic acids is 1. The summed E-state index contributed by atoms with van der Waals surface area (Å²) in [5.74, 6) is -1.13. The minimum atomic E-state index is -0.736. The lowest BCUT2D eigenvalue weighted by Crippen LogP contribution is -2.50. The summed E-state index contributed by atoms with van der Waals surface area (Å²) in [5.41, 5.74) is 1.36. The van der Waals surface area contributed by atoms with Gasteiger partial charge in [-0.15, -0.1) is 0 Å². The van der Waals surface area contributed by atoms with Gasteiger partial charge in [-0.3, -0.25) is 14.5 Å². The molecular weight excluding hydrogens is 702 g/mol. The van der Waals surface area contributed by atoms with Crippen molar-refractivity contribution in [2.24, 2.45) is 5.41 Å². The van der Waals surface area contributed by atoms with Gasteiger partial charge in [-0.05, 0) is 86.7 Å². The number of pyridine rings is 1. The van der Waals surface area contributed by atoms with Gasteiger partial charge in [-0.25, -0.2) is 8.78 Å². The van der Waals surface area contributed by atoms with E-state index in [0.717, 1.165) is 38.6 Å². The number of hydrogen-bond acceptors (Lipinski definition) is 9. The number of hydrogen-bond donors (Lipinski definition) is 1. The zero-order valence-electron chi connectivity index (χ0n) is 30.4. The van der Waals surface area contributed by atoms with E-state index in [9.17, 15) is 9.90 Å². The Hall–Kier alpha value is -4.62. The van der Waals surface area contributed by atoms with E-state index >= 15 is 8.78 Å². The number of aromatic nitrogens is 5. The smallest absolute Gasteiger partial charge is 0.319 e. The van der Waals surface area contributed by atoms with E-state index in [4.69, 9.17) is 26.3 Å². The van der Waals surface area contributed by atoms with E-state index in [1.165, 1.54) is 29.3 Å². The maximum absolute atomic E-state index is 17.2. The summed E-state index contributed by atoms with van der Waals surface area (Å²) in [7, 11) is 5.47. The fourth-order valence-corrected chi connectivity index (χ4v) is 9.22. The third-order valence-electron chi connectivity index (χ3n) is 11.5. The predicted molar refractivity (Wildman–Crippen MR) is 200 cm³/mol. The number of amides is 1. The van der Waals surface area contributed by atoms with E-state index in [2.05, 4.69) is 22.0 Å². The molecule has 0 spiro atoms. The topological polar surface area (TPSA) is 113 Å². The molecule has 2 atom stereocenters. The maximum atomic E-state index is 17.2. The average Bonchev–Trinajstić information content (AvgIpc) is 3.64. The molecule has 3 aromatic heterocycles. The quantitative estimate of drug-likeness (QED) is 0.188. The molecule has 5 aromatic rings. The highest BCUT2D eigenvalue weighted by atomic mass is 35.5. The van der Waals surface area contributed by atoms with Gasteiger partial charge in [0.1, 0.15) is 28.6 Å². The Labute approximate surface area is 311 Å². The molecule has 8 rings (SSSR count). The number of benzene rings is 2. The number of nitrogens with zero attached hydrogens (tertiary/aromatic N) is 8. The molecule has 0 unspecified atom stereocenters. The first kappa shape index (κ1) is 35.4. The van der Waals surface area contributed by atoms with Crippen molar-refractivity contribution in [3.05, 3.63) is 64.1 Å². The van der Waals surface area contributed by atoms with Gasteiger partial charge in [0.2, 0.25) is 0 Å². The number of aryl methyl sites for hydroxylation is 2. The molecule has 5 heterocycles. The van der Waals surface area contributed by atoms with Crippen LogP contribution in [-0.2, 0) is 19.5 Å². The molecule has 3 aliphatic rings.